The molecule has 0 atom stereocenters. The van der Waals surface area contributed by atoms with Crippen molar-refractivity contribution in [3.63, 3.8) is 0 Å². The quantitative estimate of drug-likeness (QED) is 0.179. The first-order valence-electron chi connectivity index (χ1n) is 18.9. The van der Waals surface area contributed by atoms with Crippen molar-refractivity contribution in [3.8, 4) is 27.9 Å². The molecule has 0 saturated heterocycles. The first-order chi connectivity index (χ1) is 26.2. The lowest BCUT2D eigenvalue weighted by Gasteiger charge is -2.30. The summed E-state index contributed by atoms with van der Waals surface area (Å²) in [5.41, 5.74) is 17.6. The van der Waals surface area contributed by atoms with Gasteiger partial charge in [0.15, 0.2) is 0 Å². The molecule has 54 heavy (non-hydrogen) atoms. The van der Waals surface area contributed by atoms with E-state index in [2.05, 4.69) is 212 Å². The van der Waals surface area contributed by atoms with Crippen LogP contribution in [0.25, 0.3) is 55.8 Å². The zero-order chi connectivity index (χ0) is 36.8. The van der Waals surface area contributed by atoms with Crippen molar-refractivity contribution in [3.05, 3.63) is 180 Å². The van der Waals surface area contributed by atoms with Gasteiger partial charge in [0, 0.05) is 22.5 Å². The maximum absolute atomic E-state index is 5.24. The molecule has 2 heterocycles. The lowest BCUT2D eigenvalue weighted by molar-refractivity contribution is 0.590. The number of para-hydroxylation sites is 4. The summed E-state index contributed by atoms with van der Waals surface area (Å²) in [6.07, 6.45) is 0. The summed E-state index contributed by atoms with van der Waals surface area (Å²) in [4.78, 5) is 7.68. The lowest BCUT2D eigenvalue weighted by atomic mass is 9.82. The molecule has 0 radical (unpaired) electrons. The third-order valence-corrected chi connectivity index (χ3v) is 11.4. The van der Waals surface area contributed by atoms with E-state index < -0.39 is 0 Å². The fourth-order valence-electron chi connectivity index (χ4n) is 8.60. The molecule has 0 bridgehead atoms. The maximum Gasteiger partial charge on any atom is 0.220 e. The summed E-state index contributed by atoms with van der Waals surface area (Å²) >= 11 is 0. The summed E-state index contributed by atoms with van der Waals surface area (Å²) in [6.45, 7) is 11.6. The summed E-state index contributed by atoms with van der Waals surface area (Å²) in [7, 11) is 0. The van der Waals surface area contributed by atoms with Crippen LogP contribution in [0.1, 0.15) is 51.3 Å². The Morgan fingerprint density at radius 2 is 1.15 bits per heavy atom. The second kappa shape index (κ2) is 11.8. The van der Waals surface area contributed by atoms with Crippen LogP contribution in [0.2, 0.25) is 0 Å². The smallest absolute Gasteiger partial charge is 0.220 e. The number of nitrogens with zero attached hydrogens (tertiary/aromatic N) is 4. The summed E-state index contributed by atoms with van der Waals surface area (Å²) in [6, 6.07) is 59.8. The molecule has 0 aliphatic heterocycles. The fourth-order valence-corrected chi connectivity index (χ4v) is 8.60. The van der Waals surface area contributed by atoms with Crippen molar-refractivity contribution in [2.24, 2.45) is 0 Å². The fraction of sp³-hybridized carbons (Fsp3) is 0.140. The summed E-state index contributed by atoms with van der Waals surface area (Å²) in [5.74, 6) is 0.908. The van der Waals surface area contributed by atoms with Crippen LogP contribution in [-0.4, -0.2) is 14.0 Å². The zero-order valence-electron chi connectivity index (χ0n) is 31.4. The predicted molar refractivity (Wildman–Crippen MR) is 226 cm³/mol. The molecular weight excluding hydrogens is 657 g/mol. The van der Waals surface area contributed by atoms with Crippen molar-refractivity contribution in [2.75, 3.05) is 4.90 Å². The van der Waals surface area contributed by atoms with E-state index in [0.717, 1.165) is 50.6 Å². The number of hydrogen-bond donors (Lipinski definition) is 0. The Hall–Kier alpha value is -6.39. The minimum absolute atomic E-state index is 0.117. The van der Waals surface area contributed by atoms with Gasteiger partial charge in [-0.3, -0.25) is 8.97 Å². The van der Waals surface area contributed by atoms with E-state index in [4.69, 9.17) is 4.98 Å². The minimum Gasteiger partial charge on any atom is -0.310 e. The molecule has 7 aromatic carbocycles. The molecule has 0 amide bonds. The molecule has 1 aliphatic carbocycles. The van der Waals surface area contributed by atoms with Gasteiger partial charge in [-0.15, -0.1) is 0 Å². The van der Waals surface area contributed by atoms with Crippen molar-refractivity contribution in [2.45, 2.75) is 45.4 Å². The molecule has 0 unspecified atom stereocenters. The third-order valence-electron chi connectivity index (χ3n) is 11.4. The second-order valence-electron chi connectivity index (χ2n) is 16.2. The maximum atomic E-state index is 5.24. The van der Waals surface area contributed by atoms with Crippen LogP contribution in [0.3, 0.4) is 0 Å². The number of rotatable bonds is 5. The Balaban J connectivity index is 1.23. The minimum atomic E-state index is -0.123. The molecule has 0 spiro atoms. The highest BCUT2D eigenvalue weighted by Crippen LogP contribution is 2.51. The molecule has 0 fully saturated rings. The van der Waals surface area contributed by atoms with Crippen LogP contribution in [0.5, 0.6) is 0 Å². The van der Waals surface area contributed by atoms with E-state index in [9.17, 15) is 0 Å². The van der Waals surface area contributed by atoms with E-state index in [1.807, 2.05) is 0 Å². The molecule has 9 aromatic rings. The Labute approximate surface area is 316 Å². The number of benzene rings is 7. The van der Waals surface area contributed by atoms with E-state index in [1.165, 1.54) is 38.9 Å². The number of hydrogen-bond acceptors (Lipinski definition) is 2. The molecule has 1 aliphatic rings. The van der Waals surface area contributed by atoms with Gasteiger partial charge in [-0.05, 0) is 111 Å². The normalized spacial score (nSPS) is 13.4. The van der Waals surface area contributed by atoms with Crippen LogP contribution in [-0.2, 0) is 10.8 Å². The van der Waals surface area contributed by atoms with E-state index >= 15 is 0 Å². The van der Waals surface area contributed by atoms with Gasteiger partial charge < -0.3 is 4.90 Å². The number of anilines is 3. The third kappa shape index (κ3) is 4.94. The Morgan fingerprint density at radius 3 is 1.93 bits per heavy atom. The van der Waals surface area contributed by atoms with Crippen molar-refractivity contribution in [1.29, 1.82) is 0 Å². The molecule has 4 nitrogen and oxygen atoms in total. The standard InChI is InChI=1S/C50H42N4/c1-49(2,3)35-29-38(31-39(30-35)53-46-21-13-14-22-47(46)54-45-20-12-11-19-44(45)51-48(53)54)52(36-25-23-34(24-26-36)33-15-7-6-8-16-33)37-27-28-41-40-17-9-10-18-42(40)50(4,5)43(41)32-37/h6-32H,1-5H3. The predicted octanol–water partition coefficient (Wildman–Crippen LogP) is 13.2. The number of aromatic nitrogens is 3. The zero-order valence-corrected chi connectivity index (χ0v) is 31.4. The van der Waals surface area contributed by atoms with Gasteiger partial charge in [-0.1, -0.05) is 132 Å². The van der Waals surface area contributed by atoms with Gasteiger partial charge in [0.05, 0.1) is 27.8 Å². The molecule has 262 valence electrons. The van der Waals surface area contributed by atoms with Crippen LogP contribution in [0.4, 0.5) is 17.1 Å². The van der Waals surface area contributed by atoms with Gasteiger partial charge >= 0.3 is 0 Å². The average molecular weight is 699 g/mol. The van der Waals surface area contributed by atoms with E-state index in [-0.39, 0.29) is 10.8 Å². The Kier molecular flexibility index (Phi) is 7.06. The van der Waals surface area contributed by atoms with Gasteiger partial charge in [0.2, 0.25) is 5.78 Å². The second-order valence-corrected chi connectivity index (χ2v) is 16.2. The van der Waals surface area contributed by atoms with Crippen molar-refractivity contribution < 1.29 is 0 Å². The van der Waals surface area contributed by atoms with Gasteiger partial charge in [-0.2, -0.15) is 0 Å². The topological polar surface area (TPSA) is 25.5 Å². The van der Waals surface area contributed by atoms with Crippen molar-refractivity contribution >= 4 is 44.9 Å². The van der Waals surface area contributed by atoms with Gasteiger partial charge in [-0.25, -0.2) is 4.98 Å². The average Bonchev–Trinajstić information content (AvgIpc) is 3.80. The number of imidazole rings is 2. The van der Waals surface area contributed by atoms with Crippen LogP contribution < -0.4 is 4.90 Å². The van der Waals surface area contributed by atoms with E-state index in [1.54, 1.807) is 0 Å². The summed E-state index contributed by atoms with van der Waals surface area (Å²) in [5, 5.41) is 0. The van der Waals surface area contributed by atoms with Gasteiger partial charge in [0.1, 0.15) is 0 Å². The van der Waals surface area contributed by atoms with Crippen LogP contribution >= 0.6 is 0 Å². The van der Waals surface area contributed by atoms with Gasteiger partial charge in [0.25, 0.3) is 0 Å². The lowest BCUT2D eigenvalue weighted by Crippen LogP contribution is -2.18. The van der Waals surface area contributed by atoms with Crippen molar-refractivity contribution in [1.82, 2.24) is 14.0 Å². The molecule has 2 aromatic heterocycles. The molecule has 10 rings (SSSR count). The molecule has 0 saturated carbocycles. The Morgan fingerprint density at radius 1 is 0.519 bits per heavy atom. The highest BCUT2D eigenvalue weighted by molar-refractivity contribution is 5.93. The highest BCUT2D eigenvalue weighted by Gasteiger charge is 2.36. The van der Waals surface area contributed by atoms with E-state index in [0.29, 0.717) is 0 Å². The Bertz CT molecular complexity index is 2880. The largest absolute Gasteiger partial charge is 0.310 e. The van der Waals surface area contributed by atoms with Crippen LogP contribution in [0.15, 0.2) is 164 Å². The number of fused-ring (bicyclic) bond motifs is 8. The summed E-state index contributed by atoms with van der Waals surface area (Å²) < 4.78 is 4.64. The highest BCUT2D eigenvalue weighted by atomic mass is 15.2. The molecule has 0 N–H and O–H groups in total. The molecule has 4 heteroatoms. The SMILES string of the molecule is CC(C)(C)c1cc(N(c2ccc(-c3ccccc3)cc2)c2ccc3c(c2)C(C)(C)c2ccccc2-3)cc(-n2c3ccccc3n3c4ccccc4nc23)c1. The first-order valence-corrected chi connectivity index (χ1v) is 18.9. The van der Waals surface area contributed by atoms with Crippen LogP contribution in [0, 0.1) is 0 Å². The molecular formula is C50H42N4. The first kappa shape index (κ1) is 32.3. The monoisotopic (exact) mass is 698 g/mol.